The molecule has 0 bridgehead atoms. The normalized spacial score (nSPS) is 11.9. The molecular formula is C15H15BrN2S. The summed E-state index contributed by atoms with van der Waals surface area (Å²) in [7, 11) is 0. The molecule has 1 aromatic heterocycles. The highest BCUT2D eigenvalue weighted by molar-refractivity contribution is 9.10. The van der Waals surface area contributed by atoms with Crippen molar-refractivity contribution in [1.29, 1.82) is 5.26 Å². The monoisotopic (exact) mass is 334 g/mol. The van der Waals surface area contributed by atoms with Crippen molar-refractivity contribution in [3.05, 3.63) is 49.6 Å². The molecule has 0 aliphatic rings. The standard InChI is InChI=1S/C15H15BrN2S/c1-9-6-14(11(3)19-9)10(2)18-15-5-4-13(16)7-12(15)8-17/h4-7,10,18H,1-3H3. The molecule has 98 valence electrons. The van der Waals surface area contributed by atoms with E-state index in [1.807, 2.05) is 29.5 Å². The number of nitrogens with one attached hydrogen (secondary N) is 1. The molecule has 1 aromatic carbocycles. The van der Waals surface area contributed by atoms with Crippen molar-refractivity contribution >= 4 is 33.0 Å². The number of hydrogen-bond acceptors (Lipinski definition) is 3. The summed E-state index contributed by atoms with van der Waals surface area (Å²) in [6.45, 7) is 6.38. The summed E-state index contributed by atoms with van der Waals surface area (Å²) < 4.78 is 0.921. The highest BCUT2D eigenvalue weighted by Crippen LogP contribution is 2.30. The molecule has 2 nitrogen and oxygen atoms in total. The zero-order valence-electron chi connectivity index (χ0n) is 11.1. The minimum Gasteiger partial charge on any atom is -0.377 e. The number of rotatable bonds is 3. The van der Waals surface area contributed by atoms with Crippen LogP contribution in [0.2, 0.25) is 0 Å². The highest BCUT2D eigenvalue weighted by Gasteiger charge is 2.12. The highest BCUT2D eigenvalue weighted by atomic mass is 79.9. The van der Waals surface area contributed by atoms with Crippen LogP contribution in [0.4, 0.5) is 5.69 Å². The molecule has 0 saturated heterocycles. The Morgan fingerprint density at radius 2 is 2.05 bits per heavy atom. The van der Waals surface area contributed by atoms with E-state index in [2.05, 4.69) is 54.2 Å². The van der Waals surface area contributed by atoms with Gasteiger partial charge in [0.1, 0.15) is 6.07 Å². The summed E-state index contributed by atoms with van der Waals surface area (Å²) in [5.74, 6) is 0. The van der Waals surface area contributed by atoms with Gasteiger partial charge in [-0.25, -0.2) is 0 Å². The third-order valence-corrected chi connectivity index (χ3v) is 4.49. The van der Waals surface area contributed by atoms with Crippen LogP contribution in [0.15, 0.2) is 28.7 Å². The first-order valence-corrected chi connectivity index (χ1v) is 7.65. The van der Waals surface area contributed by atoms with Gasteiger partial charge in [-0.1, -0.05) is 15.9 Å². The van der Waals surface area contributed by atoms with E-state index in [-0.39, 0.29) is 6.04 Å². The number of aryl methyl sites for hydroxylation is 2. The fourth-order valence-corrected chi connectivity index (χ4v) is 3.51. The van der Waals surface area contributed by atoms with Crippen LogP contribution >= 0.6 is 27.3 Å². The molecule has 0 spiro atoms. The van der Waals surface area contributed by atoms with Gasteiger partial charge < -0.3 is 5.32 Å². The number of anilines is 1. The van der Waals surface area contributed by atoms with E-state index >= 15 is 0 Å². The molecule has 0 aliphatic carbocycles. The van der Waals surface area contributed by atoms with Crippen molar-refractivity contribution in [2.75, 3.05) is 5.32 Å². The maximum absolute atomic E-state index is 9.18. The molecule has 0 aliphatic heterocycles. The van der Waals surface area contributed by atoms with Crippen molar-refractivity contribution in [2.24, 2.45) is 0 Å². The van der Waals surface area contributed by atoms with E-state index in [4.69, 9.17) is 0 Å². The van der Waals surface area contributed by atoms with Gasteiger partial charge in [-0.05, 0) is 50.6 Å². The Morgan fingerprint density at radius 1 is 1.32 bits per heavy atom. The number of nitriles is 1. The average Bonchev–Trinajstić information content (AvgIpc) is 2.70. The largest absolute Gasteiger partial charge is 0.377 e. The van der Waals surface area contributed by atoms with E-state index in [1.54, 1.807) is 0 Å². The predicted molar refractivity (Wildman–Crippen MR) is 84.7 cm³/mol. The molecule has 2 rings (SSSR count). The first-order chi connectivity index (χ1) is 9.01. The Hall–Kier alpha value is -1.31. The smallest absolute Gasteiger partial charge is 0.101 e. The lowest BCUT2D eigenvalue weighted by molar-refractivity contribution is 0.881. The second kappa shape index (κ2) is 5.77. The summed E-state index contributed by atoms with van der Waals surface area (Å²) in [6.07, 6.45) is 0. The molecule has 0 amide bonds. The van der Waals surface area contributed by atoms with Crippen molar-refractivity contribution < 1.29 is 0 Å². The Morgan fingerprint density at radius 3 is 2.63 bits per heavy atom. The molecule has 0 saturated carbocycles. The van der Waals surface area contributed by atoms with Gasteiger partial charge in [0.05, 0.1) is 11.3 Å². The summed E-state index contributed by atoms with van der Waals surface area (Å²) >= 11 is 5.19. The van der Waals surface area contributed by atoms with Crippen molar-refractivity contribution in [3.8, 4) is 6.07 Å². The van der Waals surface area contributed by atoms with Crippen molar-refractivity contribution in [2.45, 2.75) is 26.8 Å². The third kappa shape index (κ3) is 3.17. The summed E-state index contributed by atoms with van der Waals surface area (Å²) in [6, 6.07) is 10.3. The first kappa shape index (κ1) is 14.1. The second-order valence-corrected chi connectivity index (χ2v) is 6.91. The second-order valence-electron chi connectivity index (χ2n) is 4.54. The van der Waals surface area contributed by atoms with Gasteiger partial charge in [-0.3, -0.25) is 0 Å². The molecule has 4 heteroatoms. The van der Waals surface area contributed by atoms with Gasteiger partial charge in [0.2, 0.25) is 0 Å². The Bertz CT molecular complexity index is 640. The predicted octanol–water partition coefficient (Wildman–Crippen LogP) is 5.17. The fraction of sp³-hybridized carbons (Fsp3) is 0.267. The maximum atomic E-state index is 9.18. The van der Waals surface area contributed by atoms with Crippen molar-refractivity contribution in [3.63, 3.8) is 0 Å². The van der Waals surface area contributed by atoms with E-state index < -0.39 is 0 Å². The molecule has 1 unspecified atom stereocenters. The van der Waals surface area contributed by atoms with E-state index in [1.165, 1.54) is 15.3 Å². The fourth-order valence-electron chi connectivity index (χ4n) is 2.13. The van der Waals surface area contributed by atoms with Crippen LogP contribution in [-0.2, 0) is 0 Å². The van der Waals surface area contributed by atoms with E-state index in [9.17, 15) is 5.26 Å². The van der Waals surface area contributed by atoms with Gasteiger partial charge in [0.15, 0.2) is 0 Å². The van der Waals surface area contributed by atoms with Crippen LogP contribution in [0.3, 0.4) is 0 Å². The van der Waals surface area contributed by atoms with Crippen LogP contribution in [0, 0.1) is 25.2 Å². The molecule has 1 atom stereocenters. The van der Waals surface area contributed by atoms with E-state index in [0.29, 0.717) is 5.56 Å². The van der Waals surface area contributed by atoms with Crippen molar-refractivity contribution in [1.82, 2.24) is 0 Å². The lowest BCUT2D eigenvalue weighted by atomic mass is 10.1. The maximum Gasteiger partial charge on any atom is 0.101 e. The van der Waals surface area contributed by atoms with E-state index in [0.717, 1.165) is 10.2 Å². The molecule has 1 N–H and O–H groups in total. The molecule has 2 aromatic rings. The minimum atomic E-state index is 0.193. The minimum absolute atomic E-state index is 0.193. The van der Waals surface area contributed by atoms with Gasteiger partial charge in [-0.15, -0.1) is 11.3 Å². The van der Waals surface area contributed by atoms with Gasteiger partial charge in [0.25, 0.3) is 0 Å². The zero-order valence-corrected chi connectivity index (χ0v) is 13.5. The Labute approximate surface area is 126 Å². The number of benzene rings is 1. The molecule has 0 radical (unpaired) electrons. The molecule has 19 heavy (non-hydrogen) atoms. The Kier molecular flexibility index (Phi) is 4.28. The zero-order chi connectivity index (χ0) is 14.0. The van der Waals surface area contributed by atoms with Crippen LogP contribution in [0.25, 0.3) is 0 Å². The first-order valence-electron chi connectivity index (χ1n) is 6.04. The number of hydrogen-bond donors (Lipinski definition) is 1. The Balaban J connectivity index is 2.27. The molecule has 1 heterocycles. The lowest BCUT2D eigenvalue weighted by Crippen LogP contribution is -2.08. The summed E-state index contributed by atoms with van der Waals surface area (Å²) in [4.78, 5) is 2.64. The SMILES string of the molecule is Cc1cc(C(C)Nc2ccc(Br)cc2C#N)c(C)s1. The van der Waals surface area contributed by atoms with Crippen LogP contribution < -0.4 is 5.32 Å². The number of halogens is 1. The van der Waals surface area contributed by atoms with Gasteiger partial charge in [-0.2, -0.15) is 5.26 Å². The number of nitrogens with zero attached hydrogens (tertiary/aromatic N) is 1. The lowest BCUT2D eigenvalue weighted by Gasteiger charge is -2.16. The average molecular weight is 335 g/mol. The topological polar surface area (TPSA) is 35.8 Å². The van der Waals surface area contributed by atoms with Crippen LogP contribution in [0.1, 0.15) is 33.8 Å². The molecular weight excluding hydrogens is 320 g/mol. The quantitative estimate of drug-likeness (QED) is 0.840. The van der Waals surface area contributed by atoms with Crippen LogP contribution in [0.5, 0.6) is 0 Å². The third-order valence-electron chi connectivity index (χ3n) is 3.02. The number of thiophene rings is 1. The summed E-state index contributed by atoms with van der Waals surface area (Å²) in [5, 5.41) is 12.6. The van der Waals surface area contributed by atoms with Crippen LogP contribution in [-0.4, -0.2) is 0 Å². The summed E-state index contributed by atoms with van der Waals surface area (Å²) in [5.41, 5.74) is 2.83. The van der Waals surface area contributed by atoms with Gasteiger partial charge in [0, 0.05) is 20.3 Å². The molecule has 0 fully saturated rings. The van der Waals surface area contributed by atoms with Gasteiger partial charge >= 0.3 is 0 Å².